The van der Waals surface area contributed by atoms with Crippen LogP contribution in [-0.4, -0.2) is 22.2 Å². The highest BCUT2D eigenvalue weighted by atomic mass is 35.5. The van der Waals surface area contributed by atoms with Gasteiger partial charge in [0.05, 0.1) is 5.02 Å². The number of aromatic nitrogens is 2. The maximum atomic E-state index is 12.3. The van der Waals surface area contributed by atoms with E-state index >= 15 is 0 Å². The zero-order valence-electron chi connectivity index (χ0n) is 22.1. The SMILES string of the molecule is CCCCCCCCCCCCCCCCCCNC(=O)c1ccn(COc2cccc(Cl)c2Cl)n1. The van der Waals surface area contributed by atoms with Crippen LogP contribution >= 0.6 is 23.2 Å². The molecule has 0 saturated carbocycles. The van der Waals surface area contributed by atoms with Gasteiger partial charge in [-0.1, -0.05) is 133 Å². The molecule has 1 aromatic carbocycles. The van der Waals surface area contributed by atoms with Crippen molar-refractivity contribution in [1.82, 2.24) is 15.1 Å². The quantitative estimate of drug-likeness (QED) is 0.161. The number of benzene rings is 1. The molecule has 0 spiro atoms. The Bertz CT molecular complexity index is 857. The van der Waals surface area contributed by atoms with Gasteiger partial charge in [-0.2, -0.15) is 5.10 Å². The summed E-state index contributed by atoms with van der Waals surface area (Å²) in [5.41, 5.74) is 0.382. The van der Waals surface area contributed by atoms with E-state index in [2.05, 4.69) is 17.3 Å². The second-order valence-corrected chi connectivity index (χ2v) is 10.4. The van der Waals surface area contributed by atoms with Crippen LogP contribution in [0.15, 0.2) is 30.5 Å². The van der Waals surface area contributed by atoms with Gasteiger partial charge < -0.3 is 10.1 Å². The van der Waals surface area contributed by atoms with Gasteiger partial charge in [-0.3, -0.25) is 4.79 Å². The number of nitrogens with one attached hydrogen (secondary N) is 1. The number of hydrogen-bond acceptors (Lipinski definition) is 3. The van der Waals surface area contributed by atoms with Crippen molar-refractivity contribution >= 4 is 29.1 Å². The van der Waals surface area contributed by atoms with Crippen LogP contribution in [0.2, 0.25) is 10.0 Å². The molecule has 36 heavy (non-hydrogen) atoms. The average molecular weight is 539 g/mol. The second kappa shape index (κ2) is 19.4. The number of amides is 1. The molecule has 0 atom stereocenters. The Balaban J connectivity index is 1.41. The van der Waals surface area contributed by atoms with Crippen LogP contribution in [-0.2, 0) is 6.73 Å². The Labute approximate surface area is 228 Å². The molecule has 0 aliphatic heterocycles. The second-order valence-electron chi connectivity index (χ2n) is 9.63. The highest BCUT2D eigenvalue weighted by Gasteiger charge is 2.10. The van der Waals surface area contributed by atoms with E-state index in [0.29, 0.717) is 28.0 Å². The lowest BCUT2D eigenvalue weighted by Gasteiger charge is -2.08. The van der Waals surface area contributed by atoms with E-state index in [0.717, 1.165) is 12.8 Å². The van der Waals surface area contributed by atoms with Gasteiger partial charge in [0, 0.05) is 12.7 Å². The summed E-state index contributed by atoms with van der Waals surface area (Å²) in [6, 6.07) is 6.89. The maximum Gasteiger partial charge on any atom is 0.271 e. The molecule has 1 aromatic heterocycles. The molecule has 1 amide bonds. The molecule has 1 N–H and O–H groups in total. The van der Waals surface area contributed by atoms with E-state index < -0.39 is 0 Å². The third kappa shape index (κ3) is 13.0. The zero-order valence-corrected chi connectivity index (χ0v) is 23.6. The van der Waals surface area contributed by atoms with Gasteiger partial charge in [0.25, 0.3) is 5.91 Å². The fraction of sp³-hybridized carbons (Fsp3) is 0.655. The molecule has 0 saturated heterocycles. The first-order valence-electron chi connectivity index (χ1n) is 14.0. The molecule has 202 valence electrons. The molecule has 0 bridgehead atoms. The summed E-state index contributed by atoms with van der Waals surface area (Å²) < 4.78 is 7.20. The molecule has 2 aromatic rings. The predicted octanol–water partition coefficient (Wildman–Crippen LogP) is 9.22. The van der Waals surface area contributed by atoms with E-state index in [1.165, 1.54) is 89.9 Å². The number of rotatable bonds is 21. The summed E-state index contributed by atoms with van der Waals surface area (Å²) in [5, 5.41) is 8.03. The number of hydrogen-bond donors (Lipinski definition) is 1. The summed E-state index contributed by atoms with van der Waals surface area (Å²) in [7, 11) is 0. The first-order valence-corrected chi connectivity index (χ1v) is 14.8. The lowest BCUT2D eigenvalue weighted by molar-refractivity contribution is 0.0946. The van der Waals surface area contributed by atoms with E-state index in [-0.39, 0.29) is 12.6 Å². The first-order chi connectivity index (χ1) is 17.6. The molecule has 5 nitrogen and oxygen atoms in total. The Hall–Kier alpha value is -1.72. The average Bonchev–Trinajstić information content (AvgIpc) is 3.36. The van der Waals surface area contributed by atoms with Crippen LogP contribution in [0.4, 0.5) is 0 Å². The number of ether oxygens (including phenoxy) is 1. The van der Waals surface area contributed by atoms with Crippen molar-refractivity contribution in [2.24, 2.45) is 0 Å². The smallest absolute Gasteiger partial charge is 0.271 e. The Morgan fingerprint density at radius 1 is 0.833 bits per heavy atom. The van der Waals surface area contributed by atoms with Gasteiger partial charge in [-0.15, -0.1) is 0 Å². The lowest BCUT2D eigenvalue weighted by Crippen LogP contribution is -2.25. The molecule has 0 aliphatic carbocycles. The maximum absolute atomic E-state index is 12.3. The monoisotopic (exact) mass is 537 g/mol. The van der Waals surface area contributed by atoms with Crippen LogP contribution in [0.25, 0.3) is 0 Å². The lowest BCUT2D eigenvalue weighted by atomic mass is 10.0. The topological polar surface area (TPSA) is 56.2 Å². The Morgan fingerprint density at radius 3 is 1.97 bits per heavy atom. The van der Waals surface area contributed by atoms with Crippen molar-refractivity contribution in [1.29, 1.82) is 0 Å². The Kier molecular flexibility index (Phi) is 16.4. The van der Waals surface area contributed by atoms with Crippen molar-refractivity contribution in [2.45, 2.75) is 116 Å². The fourth-order valence-electron chi connectivity index (χ4n) is 4.25. The third-order valence-corrected chi connectivity index (χ3v) is 7.26. The van der Waals surface area contributed by atoms with Crippen LogP contribution < -0.4 is 10.1 Å². The predicted molar refractivity (Wildman–Crippen MR) is 151 cm³/mol. The molecule has 0 radical (unpaired) electrons. The highest BCUT2D eigenvalue weighted by molar-refractivity contribution is 6.42. The summed E-state index contributed by atoms with van der Waals surface area (Å²) in [5.74, 6) is 0.324. The molecule has 7 heteroatoms. The number of carbonyl (C=O) groups is 1. The third-order valence-electron chi connectivity index (χ3n) is 6.46. The minimum Gasteiger partial charge on any atom is -0.470 e. The minimum absolute atomic E-state index is 0.145. The molecular formula is C29H45Cl2N3O2. The van der Waals surface area contributed by atoms with E-state index in [9.17, 15) is 4.79 Å². The normalized spacial score (nSPS) is 11.1. The van der Waals surface area contributed by atoms with Crippen molar-refractivity contribution in [3.63, 3.8) is 0 Å². The van der Waals surface area contributed by atoms with Crippen LogP contribution in [0.1, 0.15) is 120 Å². The first kappa shape index (κ1) is 30.5. The number of nitrogens with zero attached hydrogens (tertiary/aromatic N) is 2. The minimum atomic E-state index is -0.157. The molecule has 0 unspecified atom stereocenters. The van der Waals surface area contributed by atoms with E-state index in [4.69, 9.17) is 27.9 Å². The van der Waals surface area contributed by atoms with Gasteiger partial charge in [0.2, 0.25) is 0 Å². The van der Waals surface area contributed by atoms with Crippen molar-refractivity contribution < 1.29 is 9.53 Å². The number of carbonyl (C=O) groups excluding carboxylic acids is 1. The molecule has 1 heterocycles. The van der Waals surface area contributed by atoms with Gasteiger partial charge in [0.1, 0.15) is 16.5 Å². The molecule has 2 rings (SSSR count). The highest BCUT2D eigenvalue weighted by Crippen LogP contribution is 2.31. The van der Waals surface area contributed by atoms with Crippen LogP contribution in [0, 0.1) is 0 Å². The number of halogens is 2. The zero-order chi connectivity index (χ0) is 25.8. The van der Waals surface area contributed by atoms with Gasteiger partial charge >= 0.3 is 0 Å². The van der Waals surface area contributed by atoms with Crippen molar-refractivity contribution in [2.75, 3.05) is 6.54 Å². The van der Waals surface area contributed by atoms with Gasteiger partial charge in [0.15, 0.2) is 6.73 Å². The summed E-state index contributed by atoms with van der Waals surface area (Å²) >= 11 is 12.1. The summed E-state index contributed by atoms with van der Waals surface area (Å²) in [6.45, 7) is 3.10. The molecule has 0 fully saturated rings. The largest absolute Gasteiger partial charge is 0.470 e. The molecular weight excluding hydrogens is 493 g/mol. The summed E-state index contributed by atoms with van der Waals surface area (Å²) in [4.78, 5) is 12.3. The van der Waals surface area contributed by atoms with Crippen LogP contribution in [0.5, 0.6) is 5.75 Å². The van der Waals surface area contributed by atoms with Gasteiger partial charge in [-0.25, -0.2) is 4.68 Å². The standard InChI is InChI=1S/C29H45Cl2N3O2/c1-2-3-4-5-6-7-8-9-10-11-12-13-14-15-16-17-22-32-29(35)26-21-23-34(33-26)24-36-27-20-18-19-25(30)28(27)31/h18-21,23H,2-17,22,24H2,1H3,(H,32,35). The Morgan fingerprint density at radius 2 is 1.39 bits per heavy atom. The van der Waals surface area contributed by atoms with Crippen molar-refractivity contribution in [3.05, 3.63) is 46.2 Å². The van der Waals surface area contributed by atoms with E-state index in [1.807, 2.05) is 0 Å². The van der Waals surface area contributed by atoms with Crippen LogP contribution in [0.3, 0.4) is 0 Å². The molecule has 0 aliphatic rings. The van der Waals surface area contributed by atoms with E-state index in [1.54, 1.807) is 35.1 Å². The summed E-state index contributed by atoms with van der Waals surface area (Å²) in [6.07, 6.45) is 23.2. The fourth-order valence-corrected chi connectivity index (χ4v) is 4.60. The number of unbranched alkanes of at least 4 members (excludes halogenated alkanes) is 15. The van der Waals surface area contributed by atoms with Crippen molar-refractivity contribution in [3.8, 4) is 5.75 Å². The van der Waals surface area contributed by atoms with Gasteiger partial charge in [-0.05, 0) is 24.6 Å².